The van der Waals surface area contributed by atoms with E-state index in [-0.39, 0.29) is 0 Å². The predicted molar refractivity (Wildman–Crippen MR) is 230 cm³/mol. The van der Waals surface area contributed by atoms with Crippen LogP contribution in [0.3, 0.4) is 0 Å². The molecular weight excluding hydrogens is 701 g/mol. The molecule has 0 amide bonds. The van der Waals surface area contributed by atoms with Crippen molar-refractivity contribution in [2.24, 2.45) is 0 Å². The van der Waals surface area contributed by atoms with E-state index in [2.05, 4.69) is 101 Å². The third-order valence-electron chi connectivity index (χ3n) is 11.1. The summed E-state index contributed by atoms with van der Waals surface area (Å²) >= 11 is 0. The van der Waals surface area contributed by atoms with Gasteiger partial charge in [-0.1, -0.05) is 146 Å². The Balaban J connectivity index is 1.11. The van der Waals surface area contributed by atoms with Gasteiger partial charge in [-0.15, -0.1) is 0 Å². The quantitative estimate of drug-likeness (QED) is 0.176. The Labute approximate surface area is 325 Å². The van der Waals surface area contributed by atoms with Crippen molar-refractivity contribution >= 4 is 60.4 Å². The van der Waals surface area contributed by atoms with Gasteiger partial charge in [-0.05, 0) is 58.3 Å². The number of hydrogen-bond acceptors (Lipinski definition) is 5. The van der Waals surface area contributed by atoms with Crippen molar-refractivity contribution in [1.82, 2.24) is 19.4 Å². The smallest absolute Gasteiger partial charge is 0.213 e. The first-order chi connectivity index (χ1) is 28.3. The van der Waals surface area contributed by atoms with E-state index in [1.165, 1.54) is 0 Å². The van der Waals surface area contributed by atoms with Crippen molar-refractivity contribution in [1.29, 1.82) is 0 Å². The number of nitrogens with zero attached hydrogens (tertiary/aromatic N) is 4. The molecule has 0 N–H and O–H groups in total. The van der Waals surface area contributed by atoms with Crippen molar-refractivity contribution in [2.45, 2.75) is 0 Å². The maximum Gasteiger partial charge on any atom is 0.213 e. The van der Waals surface area contributed by atoms with Gasteiger partial charge in [0.05, 0.1) is 16.6 Å². The van der Waals surface area contributed by atoms with Gasteiger partial charge in [0.25, 0.3) is 0 Å². The molecule has 0 aliphatic heterocycles. The van der Waals surface area contributed by atoms with Gasteiger partial charge < -0.3 is 8.83 Å². The van der Waals surface area contributed by atoms with Crippen LogP contribution in [0.5, 0.6) is 0 Å². The third kappa shape index (κ3) is 4.87. The van der Waals surface area contributed by atoms with Crippen molar-refractivity contribution in [3.05, 3.63) is 182 Å². The van der Waals surface area contributed by atoms with Crippen LogP contribution in [0.2, 0.25) is 0 Å². The SMILES string of the molecule is c1ccc(-c2nc(-c3ccccc3)nc(-c3ccc(-c4c5cc(-c6cccc7c6oc6ccccc67)ccc5n5c4oc4ccccc45)c4ccccc34)n2)cc1. The summed E-state index contributed by atoms with van der Waals surface area (Å²) in [4.78, 5) is 15.2. The predicted octanol–water partition coefficient (Wildman–Crippen LogP) is 13.4. The van der Waals surface area contributed by atoms with Gasteiger partial charge in [-0.3, -0.25) is 4.40 Å². The number of oxazole rings is 1. The van der Waals surface area contributed by atoms with E-state index >= 15 is 0 Å². The molecule has 266 valence electrons. The van der Waals surface area contributed by atoms with Crippen molar-refractivity contribution < 1.29 is 8.83 Å². The van der Waals surface area contributed by atoms with E-state index in [0.29, 0.717) is 17.5 Å². The summed E-state index contributed by atoms with van der Waals surface area (Å²) in [6, 6.07) is 62.6. The summed E-state index contributed by atoms with van der Waals surface area (Å²) in [5, 5.41) is 5.40. The normalized spacial score (nSPS) is 11.9. The van der Waals surface area contributed by atoms with Gasteiger partial charge >= 0.3 is 0 Å². The largest absolute Gasteiger partial charge is 0.455 e. The van der Waals surface area contributed by atoms with Crippen LogP contribution in [0.25, 0.3) is 117 Å². The van der Waals surface area contributed by atoms with Gasteiger partial charge in [-0.2, -0.15) is 0 Å². The van der Waals surface area contributed by atoms with Gasteiger partial charge in [0.2, 0.25) is 5.71 Å². The van der Waals surface area contributed by atoms with Crippen LogP contribution < -0.4 is 0 Å². The Morgan fingerprint density at radius 1 is 0.351 bits per heavy atom. The maximum absolute atomic E-state index is 6.78. The summed E-state index contributed by atoms with van der Waals surface area (Å²) in [6.07, 6.45) is 0. The summed E-state index contributed by atoms with van der Waals surface area (Å²) in [5.74, 6) is 1.87. The first-order valence-electron chi connectivity index (χ1n) is 19.0. The molecule has 0 bridgehead atoms. The minimum atomic E-state index is 0.613. The van der Waals surface area contributed by atoms with Crippen molar-refractivity contribution in [3.8, 4) is 56.4 Å². The van der Waals surface area contributed by atoms with Crippen LogP contribution >= 0.6 is 0 Å². The molecule has 0 saturated carbocycles. The van der Waals surface area contributed by atoms with E-state index in [9.17, 15) is 0 Å². The molecule has 0 fully saturated rings. The molecule has 0 radical (unpaired) electrons. The monoisotopic (exact) mass is 730 g/mol. The summed E-state index contributed by atoms with van der Waals surface area (Å²) in [5.41, 5.74) is 12.4. The third-order valence-corrected chi connectivity index (χ3v) is 11.1. The number of rotatable bonds is 5. The highest BCUT2D eigenvalue weighted by Crippen LogP contribution is 2.45. The zero-order valence-electron chi connectivity index (χ0n) is 30.4. The van der Waals surface area contributed by atoms with Gasteiger partial charge in [0.1, 0.15) is 11.2 Å². The summed E-state index contributed by atoms with van der Waals surface area (Å²) in [6.45, 7) is 0. The second-order valence-electron chi connectivity index (χ2n) is 14.3. The second kappa shape index (κ2) is 12.3. The van der Waals surface area contributed by atoms with Gasteiger partial charge in [0, 0.05) is 38.4 Å². The lowest BCUT2D eigenvalue weighted by Gasteiger charge is -2.13. The molecule has 4 aromatic heterocycles. The lowest BCUT2D eigenvalue weighted by Crippen LogP contribution is -2.00. The molecule has 6 heteroatoms. The topological polar surface area (TPSA) is 69.4 Å². The molecule has 0 unspecified atom stereocenters. The van der Waals surface area contributed by atoms with Crippen LogP contribution in [0, 0.1) is 0 Å². The van der Waals surface area contributed by atoms with Crippen LogP contribution in [0.4, 0.5) is 0 Å². The number of fused-ring (bicyclic) bond motifs is 9. The first-order valence-corrected chi connectivity index (χ1v) is 19.0. The minimum Gasteiger partial charge on any atom is -0.455 e. The molecule has 12 aromatic rings. The number of benzene rings is 8. The molecule has 4 heterocycles. The molecule has 8 aromatic carbocycles. The van der Waals surface area contributed by atoms with Crippen LogP contribution in [0.1, 0.15) is 0 Å². The summed E-state index contributed by atoms with van der Waals surface area (Å²) < 4.78 is 15.5. The van der Waals surface area contributed by atoms with Crippen LogP contribution in [-0.4, -0.2) is 19.4 Å². The van der Waals surface area contributed by atoms with Crippen molar-refractivity contribution in [2.75, 3.05) is 0 Å². The first kappa shape index (κ1) is 31.5. The van der Waals surface area contributed by atoms with E-state index in [4.69, 9.17) is 23.8 Å². The molecule has 0 aliphatic carbocycles. The van der Waals surface area contributed by atoms with Gasteiger partial charge in [0.15, 0.2) is 23.1 Å². The molecule has 6 nitrogen and oxygen atoms in total. The Morgan fingerprint density at radius 3 is 1.70 bits per heavy atom. The lowest BCUT2D eigenvalue weighted by molar-refractivity contribution is 0.658. The number of aromatic nitrogens is 4. The number of para-hydroxylation sites is 4. The van der Waals surface area contributed by atoms with Crippen LogP contribution in [0.15, 0.2) is 191 Å². The molecule has 0 saturated heterocycles. The standard InChI is InChI=1S/C51H30N4O2/c1-3-14-31(15-4-1)48-52-49(32-16-5-2-6-17-32)54-50(53-48)40-28-27-38(35-18-7-8-19-36(35)40)46-41-30-33(26-29-42(41)55-43-23-10-12-25-45(43)57-51(46)55)34-21-13-22-39-37-20-9-11-24-44(37)56-47(34)39/h1-30H. The summed E-state index contributed by atoms with van der Waals surface area (Å²) in [7, 11) is 0. The maximum atomic E-state index is 6.78. The Kier molecular flexibility index (Phi) is 6.83. The van der Waals surface area contributed by atoms with Gasteiger partial charge in [-0.25, -0.2) is 15.0 Å². The fraction of sp³-hybridized carbons (Fsp3) is 0. The highest BCUT2D eigenvalue weighted by atomic mass is 16.3. The fourth-order valence-electron chi connectivity index (χ4n) is 8.48. The van der Waals surface area contributed by atoms with Crippen molar-refractivity contribution in [3.63, 3.8) is 0 Å². The Morgan fingerprint density at radius 2 is 0.947 bits per heavy atom. The Bertz CT molecular complexity index is 3470. The molecule has 0 atom stereocenters. The average molecular weight is 731 g/mol. The van der Waals surface area contributed by atoms with E-state index in [0.717, 1.165) is 99.4 Å². The van der Waals surface area contributed by atoms with E-state index in [1.807, 2.05) is 84.9 Å². The molecular formula is C51H30N4O2. The van der Waals surface area contributed by atoms with E-state index < -0.39 is 0 Å². The Hall–Kier alpha value is -7.83. The molecule has 57 heavy (non-hydrogen) atoms. The molecule has 0 spiro atoms. The second-order valence-corrected chi connectivity index (χ2v) is 14.3. The van der Waals surface area contributed by atoms with Crippen LogP contribution in [-0.2, 0) is 0 Å². The number of hydrogen-bond donors (Lipinski definition) is 0. The zero-order chi connectivity index (χ0) is 37.5. The highest BCUT2D eigenvalue weighted by molar-refractivity contribution is 6.16. The molecule has 12 rings (SSSR count). The minimum absolute atomic E-state index is 0.613. The lowest BCUT2D eigenvalue weighted by atomic mass is 9.93. The average Bonchev–Trinajstić information content (AvgIpc) is 3.95. The zero-order valence-corrected chi connectivity index (χ0v) is 30.4. The molecule has 0 aliphatic rings. The fourth-order valence-corrected chi connectivity index (χ4v) is 8.48. The van der Waals surface area contributed by atoms with E-state index in [1.54, 1.807) is 0 Å². The highest BCUT2D eigenvalue weighted by Gasteiger charge is 2.24. The number of furan rings is 1.